The molecule has 36 heavy (non-hydrogen) atoms. The Morgan fingerprint density at radius 1 is 1.08 bits per heavy atom. The number of aromatic amines is 1. The molecule has 6 nitrogen and oxygen atoms in total. The number of fused-ring (bicyclic) bond motifs is 2. The summed E-state index contributed by atoms with van der Waals surface area (Å²) in [6.07, 6.45) is 1.99. The first kappa shape index (κ1) is 24.7. The first-order valence-electron chi connectivity index (χ1n) is 11.9. The van der Waals surface area contributed by atoms with Crippen molar-refractivity contribution in [3.63, 3.8) is 0 Å². The molecule has 0 fully saturated rings. The van der Waals surface area contributed by atoms with Gasteiger partial charge in [-0.15, -0.1) is 0 Å². The molecule has 0 aliphatic heterocycles. The number of pyridine rings is 1. The highest BCUT2D eigenvalue weighted by atomic mass is 33.1. The molecule has 0 unspecified atom stereocenters. The summed E-state index contributed by atoms with van der Waals surface area (Å²) in [7, 11) is 5.07. The highest BCUT2D eigenvalue weighted by Gasteiger charge is 2.50. The summed E-state index contributed by atoms with van der Waals surface area (Å²) >= 11 is 0. The molecule has 2 aromatic heterocycles. The lowest BCUT2D eigenvalue weighted by Crippen LogP contribution is -2.37. The number of Topliss-reactive ketones (excluding diaryl/α,β-unsaturated/α-hetero) is 1. The molecule has 0 bridgehead atoms. The summed E-state index contributed by atoms with van der Waals surface area (Å²) in [5, 5.41) is 0. The minimum atomic E-state index is -0.533. The Labute approximate surface area is 219 Å². The van der Waals surface area contributed by atoms with E-state index in [1.54, 1.807) is 28.7 Å². The van der Waals surface area contributed by atoms with Crippen molar-refractivity contribution in [3.8, 4) is 11.7 Å². The largest absolute Gasteiger partial charge is 0.496 e. The van der Waals surface area contributed by atoms with Crippen LogP contribution in [0.2, 0.25) is 0 Å². The van der Waals surface area contributed by atoms with Crippen molar-refractivity contribution in [2.45, 2.75) is 56.1 Å². The zero-order chi connectivity index (χ0) is 25.8. The first-order chi connectivity index (χ1) is 17.1. The van der Waals surface area contributed by atoms with Gasteiger partial charge in [0.25, 0.3) is 0 Å². The molecule has 186 valence electrons. The number of hydrogen-bond donors (Lipinski definition) is 2. The number of nitrogens with zero attached hydrogens (tertiary/aromatic N) is 2. The highest BCUT2D eigenvalue weighted by molar-refractivity contribution is 8.76. The Hall–Kier alpha value is -2.97. The third-order valence-electron chi connectivity index (χ3n) is 7.27. The van der Waals surface area contributed by atoms with E-state index in [1.165, 1.54) is 0 Å². The number of carbonyl (C=O) groups is 1. The predicted molar refractivity (Wildman–Crippen MR) is 148 cm³/mol. The number of rotatable bonds is 6. The topological polar surface area (TPSA) is 84.9 Å². The summed E-state index contributed by atoms with van der Waals surface area (Å²) in [4.78, 5) is 22.6. The molecule has 0 spiro atoms. The number of para-hydroxylation sites is 1. The van der Waals surface area contributed by atoms with E-state index in [2.05, 4.69) is 28.6 Å². The lowest BCUT2D eigenvalue weighted by molar-refractivity contribution is -0.610. The average Bonchev–Trinajstić information content (AvgIpc) is 3.32. The quantitative estimate of drug-likeness (QED) is 0.190. The van der Waals surface area contributed by atoms with Crippen LogP contribution in [0.15, 0.2) is 53.6 Å². The van der Waals surface area contributed by atoms with Gasteiger partial charge in [0.15, 0.2) is 11.3 Å². The Bertz CT molecular complexity index is 1450. The fourth-order valence-corrected chi connectivity index (χ4v) is 7.50. The lowest BCUT2D eigenvalue weighted by atomic mass is 9.80. The fourth-order valence-electron chi connectivity index (χ4n) is 5.20. The van der Waals surface area contributed by atoms with E-state index < -0.39 is 10.8 Å². The Balaban J connectivity index is 1.55. The van der Waals surface area contributed by atoms with Gasteiger partial charge in [0.2, 0.25) is 0 Å². The van der Waals surface area contributed by atoms with E-state index in [0.29, 0.717) is 0 Å². The number of imidazole rings is 1. The maximum absolute atomic E-state index is 13.1. The number of anilines is 1. The van der Waals surface area contributed by atoms with Crippen molar-refractivity contribution in [1.82, 2.24) is 9.97 Å². The zero-order valence-electron chi connectivity index (χ0n) is 21.4. The summed E-state index contributed by atoms with van der Waals surface area (Å²) in [5.74, 6) is 2.54. The van der Waals surface area contributed by atoms with Crippen molar-refractivity contribution in [2.75, 3.05) is 12.8 Å². The second-order valence-corrected chi connectivity index (χ2v) is 12.6. The molecule has 8 heteroatoms. The van der Waals surface area contributed by atoms with Crippen LogP contribution in [0.1, 0.15) is 50.1 Å². The molecule has 0 saturated heterocycles. The predicted octanol–water partition coefficient (Wildman–Crippen LogP) is 5.82. The summed E-state index contributed by atoms with van der Waals surface area (Å²) in [6, 6.07) is 14.0. The Morgan fingerprint density at radius 3 is 2.47 bits per heavy atom. The van der Waals surface area contributed by atoms with Crippen LogP contribution in [-0.2, 0) is 21.4 Å². The molecule has 0 amide bonds. The number of H-pyrrole nitrogens is 1. The molecule has 5 rings (SSSR count). The first-order valence-corrected chi connectivity index (χ1v) is 14.2. The molecular formula is C28H31N4O2S2+. The number of ketones is 1. The van der Waals surface area contributed by atoms with Gasteiger partial charge in [-0.05, 0) is 70.0 Å². The number of methoxy groups -OCH3 is 1. The van der Waals surface area contributed by atoms with Gasteiger partial charge in [0.05, 0.1) is 19.1 Å². The minimum Gasteiger partial charge on any atom is -0.496 e. The molecule has 2 heterocycles. The fraction of sp³-hybridized carbons (Fsp3) is 0.321. The maximum Gasteiger partial charge on any atom is 0.402 e. The molecular weight excluding hydrogens is 488 g/mol. The smallest absolute Gasteiger partial charge is 0.402 e. The summed E-state index contributed by atoms with van der Waals surface area (Å²) in [6.45, 7) is 10.1. The number of aromatic nitrogens is 3. The second-order valence-electron chi connectivity index (χ2n) is 10.3. The number of nitrogens with one attached hydrogen (secondary N) is 1. The van der Waals surface area contributed by atoms with E-state index in [4.69, 9.17) is 15.5 Å². The van der Waals surface area contributed by atoms with E-state index in [0.717, 1.165) is 61.5 Å². The van der Waals surface area contributed by atoms with Gasteiger partial charge in [-0.3, -0.25) is 4.79 Å². The average molecular weight is 520 g/mol. The van der Waals surface area contributed by atoms with Gasteiger partial charge in [0, 0.05) is 33.0 Å². The van der Waals surface area contributed by atoms with Crippen molar-refractivity contribution in [2.24, 2.45) is 0 Å². The number of nitrogen functional groups attached to an aromatic ring is 1. The third kappa shape index (κ3) is 3.87. The van der Waals surface area contributed by atoms with Crippen LogP contribution in [0.3, 0.4) is 0 Å². The normalized spacial score (nSPS) is 15.9. The van der Waals surface area contributed by atoms with Crippen LogP contribution >= 0.6 is 21.6 Å². The van der Waals surface area contributed by atoms with Crippen LogP contribution in [0.25, 0.3) is 17.0 Å². The Morgan fingerprint density at radius 2 is 1.78 bits per heavy atom. The maximum atomic E-state index is 13.1. The van der Waals surface area contributed by atoms with Crippen LogP contribution < -0.4 is 15.0 Å². The van der Waals surface area contributed by atoms with E-state index in [9.17, 15) is 4.79 Å². The van der Waals surface area contributed by atoms with Crippen LogP contribution in [0, 0.1) is 6.92 Å². The number of carbonyl (C=O) groups excluding carboxylic acids is 1. The van der Waals surface area contributed by atoms with Gasteiger partial charge < -0.3 is 10.5 Å². The minimum absolute atomic E-state index is 0.244. The molecule has 0 saturated carbocycles. The molecule has 4 aromatic rings. The number of benzene rings is 2. The van der Waals surface area contributed by atoms with E-state index >= 15 is 0 Å². The van der Waals surface area contributed by atoms with Gasteiger partial charge in [-0.1, -0.05) is 38.7 Å². The van der Waals surface area contributed by atoms with Gasteiger partial charge in [-0.25, -0.2) is 9.55 Å². The number of nitrogens with two attached hydrogens (primary N) is 1. The molecule has 0 atom stereocenters. The monoisotopic (exact) mass is 519 g/mol. The summed E-state index contributed by atoms with van der Waals surface area (Å²) < 4.78 is 7.71. The van der Waals surface area contributed by atoms with Crippen molar-refractivity contribution in [1.29, 1.82) is 0 Å². The molecule has 1 aliphatic carbocycles. The second kappa shape index (κ2) is 8.85. The van der Waals surface area contributed by atoms with Crippen LogP contribution in [0.5, 0.6) is 5.75 Å². The van der Waals surface area contributed by atoms with Gasteiger partial charge >= 0.3 is 5.95 Å². The zero-order valence-corrected chi connectivity index (χ0v) is 23.1. The van der Waals surface area contributed by atoms with Gasteiger partial charge in [-0.2, -0.15) is 0 Å². The SMILES string of the molecule is COc1cc[n+](-c2nc3cc4c(cc3[nH]2)C(C)(C)C(=O)C4(C)C)c(CSSc2ccccc2N)c1C. The van der Waals surface area contributed by atoms with E-state index in [-0.39, 0.29) is 5.78 Å². The lowest BCUT2D eigenvalue weighted by Gasteiger charge is -2.21. The molecule has 2 aromatic carbocycles. The van der Waals surface area contributed by atoms with Crippen molar-refractivity contribution < 1.29 is 14.1 Å². The molecule has 3 N–H and O–H groups in total. The van der Waals surface area contributed by atoms with Crippen molar-refractivity contribution in [3.05, 3.63) is 71.0 Å². The number of ether oxygens (including phenoxy) is 1. The van der Waals surface area contributed by atoms with Crippen molar-refractivity contribution >= 4 is 44.1 Å². The van der Waals surface area contributed by atoms with Crippen LogP contribution in [-0.4, -0.2) is 22.9 Å². The Kier molecular flexibility index (Phi) is 6.08. The number of hydrogen-bond acceptors (Lipinski definition) is 6. The third-order valence-corrected chi connectivity index (χ3v) is 9.58. The summed E-state index contributed by atoms with van der Waals surface area (Å²) in [5.41, 5.74) is 11.9. The molecule has 0 radical (unpaired) electrons. The molecule has 1 aliphatic rings. The van der Waals surface area contributed by atoms with Crippen LogP contribution in [0.4, 0.5) is 5.69 Å². The van der Waals surface area contributed by atoms with Gasteiger partial charge in [0.1, 0.15) is 17.0 Å². The highest BCUT2D eigenvalue weighted by Crippen LogP contribution is 2.47. The standard InChI is InChI=1S/C28H31N4O2S2/c1-16-22(15-35-36-24-10-8-7-9-19(24)29)32(12-11-23(16)34-6)26-30-20-13-17-18(14-21(20)31-26)28(4,5)25(33)27(17,2)3/h7-14H,15,29H2,1-6H3,(H,30,31)/q+1. The van der Waals surface area contributed by atoms with E-state index in [1.807, 2.05) is 64.2 Å².